The van der Waals surface area contributed by atoms with E-state index in [1.165, 1.54) is 12.8 Å². The molecule has 1 aromatic rings. The Hall–Kier alpha value is -0.960. The van der Waals surface area contributed by atoms with Gasteiger partial charge in [-0.05, 0) is 52.9 Å². The van der Waals surface area contributed by atoms with E-state index < -0.39 is 0 Å². The lowest BCUT2D eigenvalue weighted by Crippen LogP contribution is -1.94. The molecule has 3 heteroatoms. The predicted octanol–water partition coefficient (Wildman–Crippen LogP) is 2.99. The van der Waals surface area contributed by atoms with Crippen molar-refractivity contribution in [1.29, 1.82) is 0 Å². The summed E-state index contributed by atoms with van der Waals surface area (Å²) < 4.78 is 0.750. The normalized spacial score (nSPS) is 16.1. The Bertz CT molecular complexity index is 365. The van der Waals surface area contributed by atoms with Crippen LogP contribution >= 0.6 is 15.9 Å². The topological polar surface area (TPSA) is 30.0 Å². The molecule has 0 unspecified atom stereocenters. The van der Waals surface area contributed by atoms with Crippen molar-refractivity contribution in [2.45, 2.75) is 12.8 Å². The van der Waals surface area contributed by atoms with Crippen LogP contribution in [0.25, 0.3) is 0 Å². The molecule has 1 saturated carbocycles. The molecule has 1 aliphatic rings. The van der Waals surface area contributed by atoms with Gasteiger partial charge in [0.2, 0.25) is 0 Å². The number of pyridine rings is 1. The number of rotatable bonds is 3. The van der Waals surface area contributed by atoms with E-state index in [4.69, 9.17) is 0 Å². The van der Waals surface area contributed by atoms with Crippen molar-refractivity contribution >= 4 is 21.7 Å². The lowest BCUT2D eigenvalue weighted by Gasteiger charge is -1.94. The van der Waals surface area contributed by atoms with E-state index in [1.54, 1.807) is 24.4 Å². The second-order valence-corrected chi connectivity index (χ2v) is 4.24. The van der Waals surface area contributed by atoms with Crippen LogP contribution in [0.2, 0.25) is 0 Å². The molecule has 0 aromatic carbocycles. The lowest BCUT2D eigenvalue weighted by atomic mass is 10.2. The second-order valence-electron chi connectivity index (χ2n) is 3.43. The van der Waals surface area contributed by atoms with E-state index in [0.717, 1.165) is 4.60 Å². The smallest absolute Gasteiger partial charge is 0.187 e. The number of halogens is 1. The molecule has 72 valence electrons. The van der Waals surface area contributed by atoms with Crippen LogP contribution in [0.5, 0.6) is 0 Å². The van der Waals surface area contributed by atoms with Crippen molar-refractivity contribution in [3.8, 4) is 0 Å². The van der Waals surface area contributed by atoms with E-state index in [-0.39, 0.29) is 5.78 Å². The van der Waals surface area contributed by atoms with Crippen LogP contribution in [0, 0.1) is 5.92 Å². The average molecular weight is 252 g/mol. The third-order valence-electron chi connectivity index (χ3n) is 2.15. The number of ketones is 1. The summed E-state index contributed by atoms with van der Waals surface area (Å²) in [7, 11) is 0. The first-order valence-electron chi connectivity index (χ1n) is 4.60. The second kappa shape index (κ2) is 4.05. The monoisotopic (exact) mass is 251 g/mol. The molecular weight excluding hydrogens is 242 g/mol. The van der Waals surface area contributed by atoms with Crippen LogP contribution in [0.3, 0.4) is 0 Å². The fourth-order valence-electron chi connectivity index (χ4n) is 1.13. The summed E-state index contributed by atoms with van der Waals surface area (Å²) in [6, 6.07) is 3.55. The molecule has 0 bridgehead atoms. The summed E-state index contributed by atoms with van der Waals surface area (Å²) in [4.78, 5) is 15.6. The van der Waals surface area contributed by atoms with E-state index in [0.29, 0.717) is 11.5 Å². The molecule has 0 spiro atoms. The van der Waals surface area contributed by atoms with Gasteiger partial charge in [0.05, 0.1) is 0 Å². The fraction of sp³-hybridized carbons (Fsp3) is 0.273. The van der Waals surface area contributed by atoms with Crippen molar-refractivity contribution in [1.82, 2.24) is 4.98 Å². The Morgan fingerprint density at radius 2 is 2.29 bits per heavy atom. The number of carbonyl (C=O) groups excluding carboxylic acids is 1. The van der Waals surface area contributed by atoms with Gasteiger partial charge in [-0.25, -0.2) is 4.98 Å². The Morgan fingerprint density at radius 1 is 1.50 bits per heavy atom. The van der Waals surface area contributed by atoms with Crippen LogP contribution in [0.4, 0.5) is 0 Å². The zero-order chi connectivity index (χ0) is 9.97. The van der Waals surface area contributed by atoms with Gasteiger partial charge in [-0.2, -0.15) is 0 Å². The molecule has 0 atom stereocenters. The first-order chi connectivity index (χ1) is 6.75. The van der Waals surface area contributed by atoms with E-state index in [9.17, 15) is 4.79 Å². The number of allylic oxidation sites excluding steroid dienone is 2. The molecule has 0 radical (unpaired) electrons. The lowest BCUT2D eigenvalue weighted by molar-refractivity contribution is 0.104. The van der Waals surface area contributed by atoms with E-state index >= 15 is 0 Å². The number of hydrogen-bond donors (Lipinski definition) is 0. The van der Waals surface area contributed by atoms with Crippen LogP contribution in [0.15, 0.2) is 35.1 Å². The quantitative estimate of drug-likeness (QED) is 0.470. The van der Waals surface area contributed by atoms with Crippen LogP contribution in [-0.2, 0) is 0 Å². The zero-order valence-electron chi connectivity index (χ0n) is 7.61. The molecule has 1 heterocycles. The van der Waals surface area contributed by atoms with Crippen molar-refractivity contribution in [3.63, 3.8) is 0 Å². The Balaban J connectivity index is 2.06. The van der Waals surface area contributed by atoms with Gasteiger partial charge in [0.25, 0.3) is 0 Å². The maximum atomic E-state index is 11.5. The van der Waals surface area contributed by atoms with E-state index in [1.807, 2.05) is 6.08 Å². The molecule has 1 fully saturated rings. The Morgan fingerprint density at radius 3 is 2.86 bits per heavy atom. The Kier molecular flexibility index (Phi) is 2.77. The van der Waals surface area contributed by atoms with Crippen LogP contribution in [0.1, 0.15) is 23.2 Å². The van der Waals surface area contributed by atoms with Gasteiger partial charge in [0.15, 0.2) is 5.78 Å². The van der Waals surface area contributed by atoms with E-state index in [2.05, 4.69) is 20.9 Å². The highest BCUT2D eigenvalue weighted by Gasteiger charge is 2.17. The highest BCUT2D eigenvalue weighted by atomic mass is 79.9. The van der Waals surface area contributed by atoms with Gasteiger partial charge in [0, 0.05) is 11.8 Å². The first-order valence-corrected chi connectivity index (χ1v) is 5.39. The summed E-state index contributed by atoms with van der Waals surface area (Å²) in [5, 5.41) is 0. The SMILES string of the molecule is O=C(/C=C/C1CC1)c1ccc(Br)nc1. The minimum atomic E-state index is 0.0388. The van der Waals surface area contributed by atoms with Crippen molar-refractivity contribution in [2.75, 3.05) is 0 Å². The molecular formula is C11H10BrNO. The van der Waals surface area contributed by atoms with Gasteiger partial charge in [-0.1, -0.05) is 6.08 Å². The molecule has 0 N–H and O–H groups in total. The number of carbonyl (C=O) groups is 1. The van der Waals surface area contributed by atoms with Gasteiger partial charge in [-0.3, -0.25) is 4.79 Å². The maximum absolute atomic E-state index is 11.5. The van der Waals surface area contributed by atoms with Crippen LogP contribution in [-0.4, -0.2) is 10.8 Å². The maximum Gasteiger partial charge on any atom is 0.187 e. The zero-order valence-corrected chi connectivity index (χ0v) is 9.20. The first kappa shape index (κ1) is 9.59. The number of aromatic nitrogens is 1. The molecule has 1 aliphatic carbocycles. The molecule has 2 rings (SSSR count). The Labute approximate surface area is 91.2 Å². The molecule has 2 nitrogen and oxygen atoms in total. The molecule has 0 saturated heterocycles. The van der Waals surface area contributed by atoms with Gasteiger partial charge in [-0.15, -0.1) is 0 Å². The third kappa shape index (κ3) is 2.51. The minimum Gasteiger partial charge on any atom is -0.289 e. The average Bonchev–Trinajstić information content (AvgIpc) is 2.99. The summed E-state index contributed by atoms with van der Waals surface area (Å²) >= 11 is 3.23. The molecule has 14 heavy (non-hydrogen) atoms. The molecule has 0 amide bonds. The third-order valence-corrected chi connectivity index (χ3v) is 2.62. The van der Waals surface area contributed by atoms with Gasteiger partial charge in [0.1, 0.15) is 4.60 Å². The van der Waals surface area contributed by atoms with Crippen molar-refractivity contribution in [2.24, 2.45) is 5.92 Å². The fourth-order valence-corrected chi connectivity index (χ4v) is 1.36. The highest BCUT2D eigenvalue weighted by Crippen LogP contribution is 2.30. The van der Waals surface area contributed by atoms with Crippen LogP contribution < -0.4 is 0 Å². The number of nitrogens with zero attached hydrogens (tertiary/aromatic N) is 1. The van der Waals surface area contributed by atoms with Gasteiger partial charge >= 0.3 is 0 Å². The number of hydrogen-bond acceptors (Lipinski definition) is 2. The van der Waals surface area contributed by atoms with Gasteiger partial charge < -0.3 is 0 Å². The highest BCUT2D eigenvalue weighted by molar-refractivity contribution is 9.10. The summed E-state index contributed by atoms with van der Waals surface area (Å²) in [5.74, 6) is 0.680. The summed E-state index contributed by atoms with van der Waals surface area (Å²) in [6.07, 6.45) is 7.68. The van der Waals surface area contributed by atoms with Crippen molar-refractivity contribution in [3.05, 3.63) is 40.6 Å². The predicted molar refractivity (Wildman–Crippen MR) is 58.1 cm³/mol. The van der Waals surface area contributed by atoms with Crippen molar-refractivity contribution < 1.29 is 4.79 Å². The minimum absolute atomic E-state index is 0.0388. The summed E-state index contributed by atoms with van der Waals surface area (Å²) in [6.45, 7) is 0. The standard InChI is InChI=1S/C11H10BrNO/c12-11-6-4-9(7-13-11)10(14)5-3-8-1-2-8/h3-8H,1-2H2/b5-3+. The molecule has 1 aromatic heterocycles. The largest absolute Gasteiger partial charge is 0.289 e. The molecule has 0 aliphatic heterocycles. The summed E-state index contributed by atoms with van der Waals surface area (Å²) in [5.41, 5.74) is 0.644.